The van der Waals surface area contributed by atoms with E-state index in [1.54, 1.807) is 0 Å². The van der Waals surface area contributed by atoms with E-state index in [1.807, 2.05) is 91.0 Å². The van der Waals surface area contributed by atoms with Crippen LogP contribution in [0.1, 0.15) is 5.56 Å². The van der Waals surface area contributed by atoms with Crippen LogP contribution in [-0.4, -0.2) is 24.1 Å². The molecule has 0 aliphatic rings. The molecule has 274 valence electrons. The fourth-order valence-corrected chi connectivity index (χ4v) is 8.91. The van der Waals surface area contributed by atoms with Crippen molar-refractivity contribution in [1.82, 2.24) is 24.1 Å². The molecule has 4 aromatic heterocycles. The third kappa shape index (κ3) is 4.90. The highest BCUT2D eigenvalue weighted by Gasteiger charge is 2.27. The molecule has 8 aromatic carbocycles. The van der Waals surface area contributed by atoms with Gasteiger partial charge in [-0.1, -0.05) is 133 Å². The zero-order valence-electron chi connectivity index (χ0n) is 31.4. The lowest BCUT2D eigenvalue weighted by atomic mass is 10.00. The van der Waals surface area contributed by atoms with E-state index in [0.717, 1.165) is 71.2 Å². The molecule has 0 amide bonds. The topological polar surface area (TPSA) is 85.5 Å². The standard InChI is InChI=1S/C52H30N6O/c53-31-34-30-39(52-55-50(32-16-4-1-5-17-32)54-51(56-52)33-18-6-2-7-19-33)45-38-24-12-15-27-44(38)59-49(45)48(34)58-41-26-14-11-23-37(41)47-43(58)29-28-42-46(47)36-22-10-13-25-40(36)57(42)35-20-8-3-9-21-35/h1-30H. The molecule has 0 aliphatic carbocycles. The van der Waals surface area contributed by atoms with Crippen molar-refractivity contribution in [3.63, 3.8) is 0 Å². The van der Waals surface area contributed by atoms with Crippen LogP contribution in [0.15, 0.2) is 186 Å². The van der Waals surface area contributed by atoms with Crippen LogP contribution >= 0.6 is 0 Å². The predicted molar refractivity (Wildman–Crippen MR) is 237 cm³/mol. The minimum Gasteiger partial charge on any atom is -0.454 e. The van der Waals surface area contributed by atoms with E-state index >= 15 is 0 Å². The second-order valence-corrected chi connectivity index (χ2v) is 14.7. The molecule has 0 spiro atoms. The number of rotatable bonds is 5. The molecule has 0 saturated heterocycles. The molecule has 12 rings (SSSR count). The van der Waals surface area contributed by atoms with Crippen LogP contribution in [-0.2, 0) is 0 Å². The summed E-state index contributed by atoms with van der Waals surface area (Å²) in [7, 11) is 0. The van der Waals surface area contributed by atoms with Gasteiger partial charge in [-0.05, 0) is 48.5 Å². The Morgan fingerprint density at radius 1 is 0.441 bits per heavy atom. The van der Waals surface area contributed by atoms with E-state index in [1.165, 1.54) is 0 Å². The number of para-hydroxylation sites is 4. The highest BCUT2D eigenvalue weighted by Crippen LogP contribution is 2.46. The van der Waals surface area contributed by atoms with Crippen molar-refractivity contribution in [2.75, 3.05) is 0 Å². The monoisotopic (exact) mass is 754 g/mol. The van der Waals surface area contributed by atoms with Gasteiger partial charge in [0, 0.05) is 54.7 Å². The second kappa shape index (κ2) is 12.8. The van der Waals surface area contributed by atoms with Crippen molar-refractivity contribution in [2.24, 2.45) is 0 Å². The van der Waals surface area contributed by atoms with Crippen molar-refractivity contribution in [1.29, 1.82) is 5.26 Å². The lowest BCUT2D eigenvalue weighted by molar-refractivity contribution is 0.666. The van der Waals surface area contributed by atoms with Crippen LogP contribution in [0.3, 0.4) is 0 Å². The smallest absolute Gasteiger partial charge is 0.164 e. The molecule has 0 bridgehead atoms. The van der Waals surface area contributed by atoms with E-state index in [4.69, 9.17) is 19.4 Å². The first-order valence-corrected chi connectivity index (χ1v) is 19.5. The molecule has 7 heteroatoms. The largest absolute Gasteiger partial charge is 0.454 e. The SMILES string of the molecule is N#Cc1cc(-c2nc(-c3ccccc3)nc(-c3ccccc3)n2)c2c(oc3ccccc32)c1-n1c2ccccc2c2c3c4ccccc4n(-c4ccccc4)c3ccc21. The maximum Gasteiger partial charge on any atom is 0.164 e. The Kier molecular flexibility index (Phi) is 7.16. The van der Waals surface area contributed by atoms with Gasteiger partial charge in [-0.2, -0.15) is 5.26 Å². The first-order chi connectivity index (χ1) is 29.2. The number of benzene rings is 8. The molecular formula is C52H30N6O. The first kappa shape index (κ1) is 32.9. The molecule has 4 heterocycles. The van der Waals surface area contributed by atoms with Gasteiger partial charge in [0.1, 0.15) is 17.3 Å². The molecule has 7 nitrogen and oxygen atoms in total. The summed E-state index contributed by atoms with van der Waals surface area (Å²) in [6.07, 6.45) is 0. The average molecular weight is 755 g/mol. The van der Waals surface area contributed by atoms with Crippen LogP contribution in [0.4, 0.5) is 0 Å². The van der Waals surface area contributed by atoms with Crippen LogP contribution in [0, 0.1) is 11.3 Å². The number of hydrogen-bond acceptors (Lipinski definition) is 5. The maximum atomic E-state index is 11.2. The average Bonchev–Trinajstić information content (AvgIpc) is 3.97. The summed E-state index contributed by atoms with van der Waals surface area (Å²) in [4.78, 5) is 15.2. The first-order valence-electron chi connectivity index (χ1n) is 19.5. The predicted octanol–water partition coefficient (Wildman–Crippen LogP) is 12.8. The molecule has 59 heavy (non-hydrogen) atoms. The Morgan fingerprint density at radius 3 is 1.54 bits per heavy atom. The fraction of sp³-hybridized carbons (Fsp3) is 0. The van der Waals surface area contributed by atoms with Crippen molar-refractivity contribution in [3.8, 4) is 51.6 Å². The van der Waals surface area contributed by atoms with Crippen molar-refractivity contribution in [2.45, 2.75) is 0 Å². The Bertz CT molecular complexity index is 3610. The highest BCUT2D eigenvalue weighted by atomic mass is 16.3. The molecule has 0 N–H and O–H groups in total. The summed E-state index contributed by atoms with van der Waals surface area (Å²) in [6.45, 7) is 0. The Balaban J connectivity index is 1.21. The van der Waals surface area contributed by atoms with Crippen molar-refractivity contribution in [3.05, 3.63) is 188 Å². The number of nitrogens with zero attached hydrogens (tertiary/aromatic N) is 6. The third-order valence-electron chi connectivity index (χ3n) is 11.4. The Hall–Kier alpha value is -8.34. The zero-order chi connectivity index (χ0) is 39.0. The number of aromatic nitrogens is 5. The van der Waals surface area contributed by atoms with Gasteiger partial charge in [-0.25, -0.2) is 15.0 Å². The molecule has 0 aliphatic heterocycles. The van der Waals surface area contributed by atoms with E-state index in [9.17, 15) is 5.26 Å². The number of furan rings is 1. The molecule has 0 unspecified atom stereocenters. The van der Waals surface area contributed by atoms with E-state index < -0.39 is 0 Å². The highest BCUT2D eigenvalue weighted by molar-refractivity contribution is 6.29. The third-order valence-corrected chi connectivity index (χ3v) is 11.4. The normalized spacial score (nSPS) is 11.7. The molecule has 12 aromatic rings. The summed E-state index contributed by atoms with van der Waals surface area (Å²) < 4.78 is 11.5. The minimum absolute atomic E-state index is 0.434. The molecule has 0 saturated carbocycles. The lowest BCUT2D eigenvalue weighted by Gasteiger charge is -2.14. The Morgan fingerprint density at radius 2 is 0.932 bits per heavy atom. The molecule has 0 radical (unpaired) electrons. The van der Waals surface area contributed by atoms with Crippen molar-refractivity contribution >= 4 is 65.6 Å². The quantitative estimate of drug-likeness (QED) is 0.175. The van der Waals surface area contributed by atoms with Crippen LogP contribution in [0.5, 0.6) is 0 Å². The van der Waals surface area contributed by atoms with Gasteiger partial charge in [-0.15, -0.1) is 0 Å². The van der Waals surface area contributed by atoms with Crippen LogP contribution in [0.2, 0.25) is 0 Å². The zero-order valence-corrected chi connectivity index (χ0v) is 31.4. The summed E-state index contributed by atoms with van der Waals surface area (Å²) in [5, 5.41) is 17.4. The molecule has 0 fully saturated rings. The molecular weight excluding hydrogens is 725 g/mol. The summed E-state index contributed by atoms with van der Waals surface area (Å²) in [5.41, 5.74) is 10.1. The van der Waals surface area contributed by atoms with Gasteiger partial charge in [0.2, 0.25) is 0 Å². The second-order valence-electron chi connectivity index (χ2n) is 14.7. The van der Waals surface area contributed by atoms with Gasteiger partial charge in [0.15, 0.2) is 23.1 Å². The van der Waals surface area contributed by atoms with Gasteiger partial charge in [0.05, 0.1) is 27.6 Å². The number of nitriles is 1. The van der Waals surface area contributed by atoms with E-state index in [-0.39, 0.29) is 0 Å². The summed E-state index contributed by atoms with van der Waals surface area (Å²) in [5.74, 6) is 1.54. The van der Waals surface area contributed by atoms with Gasteiger partial charge >= 0.3 is 0 Å². The van der Waals surface area contributed by atoms with E-state index in [0.29, 0.717) is 45.5 Å². The number of fused-ring (bicyclic) bond motifs is 10. The molecule has 0 atom stereocenters. The van der Waals surface area contributed by atoms with Crippen LogP contribution in [0.25, 0.3) is 111 Å². The van der Waals surface area contributed by atoms with Crippen LogP contribution < -0.4 is 0 Å². The maximum absolute atomic E-state index is 11.2. The minimum atomic E-state index is 0.434. The number of hydrogen-bond donors (Lipinski definition) is 0. The van der Waals surface area contributed by atoms with Crippen molar-refractivity contribution < 1.29 is 4.42 Å². The van der Waals surface area contributed by atoms with E-state index in [2.05, 4.69) is 106 Å². The Labute approximate surface area is 337 Å². The summed E-state index contributed by atoms with van der Waals surface area (Å²) in [6, 6.07) is 64.3. The fourth-order valence-electron chi connectivity index (χ4n) is 8.91. The van der Waals surface area contributed by atoms with Gasteiger partial charge in [-0.3, -0.25) is 0 Å². The summed E-state index contributed by atoms with van der Waals surface area (Å²) >= 11 is 0. The van der Waals surface area contributed by atoms with Gasteiger partial charge in [0.25, 0.3) is 0 Å². The lowest BCUT2D eigenvalue weighted by Crippen LogP contribution is -2.03. The van der Waals surface area contributed by atoms with Gasteiger partial charge < -0.3 is 13.6 Å².